The van der Waals surface area contributed by atoms with Crippen molar-refractivity contribution in [2.75, 3.05) is 101 Å². The molecule has 0 spiro atoms. The van der Waals surface area contributed by atoms with Crippen molar-refractivity contribution in [2.45, 2.75) is 117 Å². The van der Waals surface area contributed by atoms with Crippen molar-refractivity contribution in [3.05, 3.63) is 176 Å². The summed E-state index contributed by atoms with van der Waals surface area (Å²) in [5.41, 5.74) is 14.2. The van der Waals surface area contributed by atoms with Gasteiger partial charge in [-0.05, 0) is 98.5 Å². The summed E-state index contributed by atoms with van der Waals surface area (Å²) in [7, 11) is 0. The standard InChI is InChI=1S/2C36H43N9O9.2C2H6/c2*37-36-44-31-30(34(50)45-36)42-26(22-41-31)21-40-25-10-8-24(9-11-25)33(49)43-28(35(51)52)13-12-27(46)7-4-15-38-29(47)14-17-53-19-20-54-18-16-39-32(48)23-5-2-1-3-6-23;2*1-2/h2*1-3,5-6,8-11,22,28,40H,4,7,12-21H2,(H,38,47)(H,39,48)(H,43,49)(H,51,52)(H3,37,41,44,45,50);2*1-2H3. The van der Waals surface area contributed by atoms with E-state index in [1.807, 2.05) is 39.8 Å². The normalized spacial score (nSPS) is 11.1. The highest BCUT2D eigenvalue weighted by atomic mass is 16.5. The van der Waals surface area contributed by atoms with Crippen molar-refractivity contribution < 1.29 is 77.1 Å². The third-order valence-corrected chi connectivity index (χ3v) is 15.6. The molecule has 16 N–H and O–H groups in total. The van der Waals surface area contributed by atoms with Crippen LogP contribution in [0.15, 0.2) is 131 Å². The monoisotopic (exact) mass is 1550 g/mol. The van der Waals surface area contributed by atoms with E-state index in [1.54, 1.807) is 72.8 Å². The molecule has 0 saturated heterocycles. The van der Waals surface area contributed by atoms with Crippen molar-refractivity contribution >= 4 is 105 Å². The van der Waals surface area contributed by atoms with Gasteiger partial charge in [0.1, 0.15) is 23.7 Å². The molecule has 4 heterocycles. The first-order valence-electron chi connectivity index (χ1n) is 36.5. The Hall–Kier alpha value is -12.5. The molecule has 0 aliphatic carbocycles. The maximum Gasteiger partial charge on any atom is 0.326 e. The van der Waals surface area contributed by atoms with Crippen LogP contribution in [0.25, 0.3) is 22.3 Å². The van der Waals surface area contributed by atoms with Crippen LogP contribution in [0, 0.1) is 0 Å². The Morgan fingerprint density at radius 2 is 0.759 bits per heavy atom. The average molecular weight is 1550 g/mol. The van der Waals surface area contributed by atoms with Gasteiger partial charge in [0.25, 0.3) is 34.7 Å². The zero-order valence-corrected chi connectivity index (χ0v) is 62.9. The van der Waals surface area contributed by atoms with Gasteiger partial charge in [0.15, 0.2) is 22.3 Å². The SMILES string of the molecule is CC.CC.Nc1nc2ncc(CNc3ccc(C(=O)NC(CCC(=O)CCCNC(=O)CCOCCOCCNC(=O)c4ccccc4)C(=O)O)cc3)nc2c(=O)[nH]1.Nc1nc2ncc(CNc3ccc(C(=O)NC(CCC(=O)CCCNC(=O)CCOCCOCCNC(=O)c4ccccc4)C(=O)O)cc3)nc2c(=O)[nH]1. The number of carboxylic acid groups (broad SMARTS) is 2. The van der Waals surface area contributed by atoms with Gasteiger partial charge < -0.3 is 83.2 Å². The molecule has 0 radical (unpaired) electrons. The number of carboxylic acids is 2. The van der Waals surface area contributed by atoms with Gasteiger partial charge in [-0.3, -0.25) is 57.9 Å². The van der Waals surface area contributed by atoms with E-state index >= 15 is 0 Å². The topological polar surface area (TPSA) is 539 Å². The fourth-order valence-electron chi connectivity index (χ4n) is 9.87. The minimum atomic E-state index is -1.27. The number of H-pyrrole nitrogens is 2. The van der Waals surface area contributed by atoms with E-state index in [4.69, 9.17) is 30.4 Å². The highest BCUT2D eigenvalue weighted by Gasteiger charge is 2.24. The summed E-state index contributed by atoms with van der Waals surface area (Å²) in [5.74, 6) is -5.07. The van der Waals surface area contributed by atoms with Gasteiger partial charge >= 0.3 is 11.9 Å². The number of rotatable bonds is 46. The molecule has 0 aliphatic heterocycles. The second-order valence-electron chi connectivity index (χ2n) is 23.8. The number of hydrogen-bond donors (Lipinski definition) is 14. The third-order valence-electron chi connectivity index (χ3n) is 15.6. The third kappa shape index (κ3) is 33.9. The molecule has 36 heteroatoms. The van der Waals surface area contributed by atoms with Gasteiger partial charge in [0.05, 0.1) is 89.7 Å². The summed E-state index contributed by atoms with van der Waals surface area (Å²) in [4.78, 5) is 175. The van der Waals surface area contributed by atoms with E-state index in [2.05, 4.69) is 82.4 Å². The number of carbonyl (C=O) groups is 10. The van der Waals surface area contributed by atoms with Gasteiger partial charge in [-0.2, -0.15) is 9.97 Å². The summed E-state index contributed by atoms with van der Waals surface area (Å²) in [6.07, 6.45) is 3.92. The van der Waals surface area contributed by atoms with E-state index in [0.29, 0.717) is 99.5 Å². The first-order valence-corrected chi connectivity index (χ1v) is 36.5. The number of ether oxygens (including phenoxy) is 4. The Labute approximate surface area is 645 Å². The van der Waals surface area contributed by atoms with E-state index in [-0.39, 0.29) is 171 Å². The fourth-order valence-corrected chi connectivity index (χ4v) is 9.87. The molecule has 4 aromatic carbocycles. The van der Waals surface area contributed by atoms with E-state index < -0.39 is 47.0 Å². The molecule has 2 atom stereocenters. The first-order chi connectivity index (χ1) is 54.2. The highest BCUT2D eigenvalue weighted by Crippen LogP contribution is 2.16. The van der Waals surface area contributed by atoms with E-state index in [1.165, 1.54) is 36.7 Å². The summed E-state index contributed by atoms with van der Waals surface area (Å²) >= 11 is 0. The molecular weight excluding hydrogens is 1450 g/mol. The van der Waals surface area contributed by atoms with Gasteiger partial charge in [0, 0.05) is 98.3 Å². The van der Waals surface area contributed by atoms with Crippen LogP contribution in [0.2, 0.25) is 0 Å². The lowest BCUT2D eigenvalue weighted by Crippen LogP contribution is -2.41. The number of anilines is 4. The highest BCUT2D eigenvalue weighted by molar-refractivity contribution is 5.98. The van der Waals surface area contributed by atoms with Gasteiger partial charge in [-0.1, -0.05) is 64.1 Å². The second-order valence-corrected chi connectivity index (χ2v) is 23.8. The Morgan fingerprint density at radius 3 is 1.12 bits per heavy atom. The summed E-state index contributed by atoms with van der Waals surface area (Å²) in [6.45, 7) is 12.0. The van der Waals surface area contributed by atoms with Crippen LogP contribution in [0.5, 0.6) is 0 Å². The zero-order valence-electron chi connectivity index (χ0n) is 62.9. The predicted molar refractivity (Wildman–Crippen MR) is 416 cm³/mol. The van der Waals surface area contributed by atoms with Gasteiger partial charge in [-0.25, -0.2) is 29.5 Å². The number of nitrogen functional groups attached to an aromatic ring is 2. The Kier molecular flexibility index (Phi) is 41.0. The van der Waals surface area contributed by atoms with Crippen LogP contribution in [0.4, 0.5) is 23.3 Å². The minimum Gasteiger partial charge on any atom is -0.480 e. The average Bonchev–Trinajstić information content (AvgIpc) is 0.815. The summed E-state index contributed by atoms with van der Waals surface area (Å²) in [5, 5.41) is 41.3. The number of fused-ring (bicyclic) bond motifs is 2. The summed E-state index contributed by atoms with van der Waals surface area (Å²) < 4.78 is 21.6. The number of ketones is 2. The number of nitrogens with one attached hydrogen (secondary N) is 10. The number of carbonyl (C=O) groups excluding carboxylic acids is 8. The number of aliphatic carboxylic acids is 2. The number of nitrogens with two attached hydrogens (primary N) is 2. The second kappa shape index (κ2) is 51.0. The van der Waals surface area contributed by atoms with Gasteiger partial charge in [-0.15, -0.1) is 0 Å². The quantitative estimate of drug-likeness (QED) is 0.0235. The van der Waals surface area contributed by atoms with Crippen LogP contribution < -0.4 is 65.1 Å². The van der Waals surface area contributed by atoms with Crippen LogP contribution in [-0.4, -0.2) is 200 Å². The van der Waals surface area contributed by atoms with Crippen LogP contribution in [-0.2, 0) is 60.8 Å². The number of amides is 6. The summed E-state index contributed by atoms with van der Waals surface area (Å²) in [6, 6.07) is 27.7. The van der Waals surface area contributed by atoms with Crippen LogP contribution in [0.3, 0.4) is 0 Å². The molecular formula is C76H98N18O18. The van der Waals surface area contributed by atoms with Crippen LogP contribution >= 0.6 is 0 Å². The maximum absolute atomic E-state index is 12.8. The molecule has 6 amide bonds. The number of aromatic nitrogens is 8. The number of nitrogens with zero attached hydrogens (tertiary/aromatic N) is 6. The van der Waals surface area contributed by atoms with Crippen molar-refractivity contribution in [3.63, 3.8) is 0 Å². The Morgan fingerprint density at radius 1 is 0.411 bits per heavy atom. The maximum atomic E-state index is 12.8. The van der Waals surface area contributed by atoms with Gasteiger partial charge in [0.2, 0.25) is 23.7 Å². The molecule has 8 aromatic rings. The van der Waals surface area contributed by atoms with Crippen molar-refractivity contribution in [1.29, 1.82) is 0 Å². The fraction of sp³-hybridized carbons (Fsp3) is 0.395. The molecule has 0 bridgehead atoms. The molecule has 112 heavy (non-hydrogen) atoms. The van der Waals surface area contributed by atoms with Crippen molar-refractivity contribution in [1.82, 2.24) is 71.8 Å². The largest absolute Gasteiger partial charge is 0.480 e. The lowest BCUT2D eigenvalue weighted by Gasteiger charge is -2.14. The predicted octanol–water partition coefficient (Wildman–Crippen LogP) is 4.43. The first kappa shape index (κ1) is 90.1. The number of Topliss-reactive ketones (excluding diaryl/α,β-unsaturated/α-hetero) is 2. The molecule has 2 unspecified atom stereocenters. The Balaban J connectivity index is 0.000000384. The lowest BCUT2D eigenvalue weighted by atomic mass is 10.1. The molecule has 8 rings (SSSR count). The minimum absolute atomic E-state index is 0.0486. The number of aromatic amines is 2. The van der Waals surface area contributed by atoms with Crippen molar-refractivity contribution in [3.8, 4) is 0 Å². The lowest BCUT2D eigenvalue weighted by molar-refractivity contribution is -0.140. The Bertz CT molecular complexity index is 4160. The van der Waals surface area contributed by atoms with E-state index in [9.17, 15) is 67.7 Å². The molecule has 600 valence electrons. The number of benzene rings is 4. The molecule has 0 fully saturated rings. The molecule has 0 aliphatic rings. The smallest absolute Gasteiger partial charge is 0.326 e. The molecule has 36 nitrogen and oxygen atoms in total. The van der Waals surface area contributed by atoms with Crippen molar-refractivity contribution in [2.24, 2.45) is 0 Å². The molecule has 4 aromatic heterocycles. The van der Waals surface area contributed by atoms with E-state index in [0.717, 1.165) is 0 Å². The van der Waals surface area contributed by atoms with Crippen LogP contribution in [0.1, 0.15) is 145 Å². The number of hydrogen-bond acceptors (Lipinski definition) is 26. The zero-order chi connectivity index (χ0) is 81.4. The molecule has 0 saturated carbocycles.